The molecule has 0 bridgehead atoms. The summed E-state index contributed by atoms with van der Waals surface area (Å²) in [5.41, 5.74) is 1.33. The van der Waals surface area contributed by atoms with Gasteiger partial charge in [-0.25, -0.2) is 0 Å². The van der Waals surface area contributed by atoms with E-state index in [9.17, 15) is 0 Å². The van der Waals surface area contributed by atoms with Crippen molar-refractivity contribution in [3.8, 4) is 0 Å². The summed E-state index contributed by atoms with van der Waals surface area (Å²) in [4.78, 5) is 3.79. The Morgan fingerprint density at radius 2 is 1.93 bits per heavy atom. The molecule has 2 heterocycles. The summed E-state index contributed by atoms with van der Waals surface area (Å²) >= 11 is 13.4. The van der Waals surface area contributed by atoms with Crippen LogP contribution >= 0.6 is 50.2 Å². The van der Waals surface area contributed by atoms with E-state index >= 15 is 0 Å². The molecule has 0 amide bonds. The van der Waals surface area contributed by atoms with E-state index in [-0.39, 0.29) is 5.38 Å². The average molecular weight is 322 g/mol. The third-order valence-corrected chi connectivity index (χ3v) is 5.91. The molecule has 0 saturated carbocycles. The summed E-state index contributed by atoms with van der Waals surface area (Å²) < 4.78 is 1.13. The molecule has 4 heteroatoms. The molecule has 0 fully saturated rings. The Balaban J connectivity index is 2.31. The van der Waals surface area contributed by atoms with Gasteiger partial charge in [0.15, 0.2) is 0 Å². The topological polar surface area (TPSA) is 0 Å². The fourth-order valence-corrected chi connectivity index (χ4v) is 4.27. The maximum Gasteiger partial charge on any atom is 0.102 e. The molecule has 0 nitrogen and oxygen atoms in total. The van der Waals surface area contributed by atoms with Crippen LogP contribution in [-0.2, 0) is 0 Å². The van der Waals surface area contributed by atoms with Crippen molar-refractivity contribution in [2.75, 3.05) is 0 Å². The van der Waals surface area contributed by atoms with Crippen LogP contribution in [0.5, 0.6) is 0 Å². The predicted octanol–water partition coefficient (Wildman–Crippen LogP) is 5.52. The lowest BCUT2D eigenvalue weighted by Crippen LogP contribution is -1.84. The molecule has 0 aliphatic carbocycles. The highest BCUT2D eigenvalue weighted by atomic mass is 79.9. The van der Waals surface area contributed by atoms with E-state index < -0.39 is 0 Å². The van der Waals surface area contributed by atoms with E-state index in [1.807, 2.05) is 6.07 Å². The largest absolute Gasteiger partial charge is 0.143 e. The van der Waals surface area contributed by atoms with Crippen molar-refractivity contribution in [1.82, 2.24) is 0 Å². The van der Waals surface area contributed by atoms with Gasteiger partial charge in [-0.1, -0.05) is 0 Å². The van der Waals surface area contributed by atoms with Crippen LogP contribution in [0.1, 0.15) is 25.6 Å². The number of halogens is 2. The summed E-state index contributed by atoms with van der Waals surface area (Å²) in [7, 11) is 0. The van der Waals surface area contributed by atoms with E-state index in [0.29, 0.717) is 0 Å². The first-order valence-corrected chi connectivity index (χ1v) is 7.40. The van der Waals surface area contributed by atoms with Gasteiger partial charge >= 0.3 is 0 Å². The molecule has 2 aromatic rings. The van der Waals surface area contributed by atoms with Gasteiger partial charge in [-0.2, -0.15) is 0 Å². The molecule has 2 rings (SSSR count). The molecule has 0 aliphatic rings. The summed E-state index contributed by atoms with van der Waals surface area (Å²) in [6.45, 7) is 4.26. The molecule has 2 aromatic heterocycles. The maximum atomic E-state index is 6.43. The zero-order valence-electron chi connectivity index (χ0n) is 8.38. The first-order chi connectivity index (χ1) is 7.08. The molecule has 1 unspecified atom stereocenters. The monoisotopic (exact) mass is 320 g/mol. The Labute approximate surface area is 111 Å². The van der Waals surface area contributed by atoms with Gasteiger partial charge in [0.2, 0.25) is 0 Å². The van der Waals surface area contributed by atoms with Gasteiger partial charge in [-0.3, -0.25) is 0 Å². The highest BCUT2D eigenvalue weighted by Crippen LogP contribution is 2.39. The standard InChI is InChI=1S/C11H10BrClS2/c1-6-5-9(14-7(6)2)11(13)8-3-4-10(12)15-8/h3-5,11H,1-2H3. The molecule has 0 N–H and O–H groups in total. The molecule has 1 atom stereocenters. The van der Waals surface area contributed by atoms with Crippen molar-refractivity contribution in [1.29, 1.82) is 0 Å². The van der Waals surface area contributed by atoms with E-state index in [0.717, 1.165) is 3.79 Å². The Hall–Kier alpha value is 0.170. The Morgan fingerprint density at radius 3 is 2.40 bits per heavy atom. The fraction of sp³-hybridized carbons (Fsp3) is 0.273. The van der Waals surface area contributed by atoms with Gasteiger partial charge in [0.05, 0.1) is 3.79 Å². The molecular weight excluding hydrogens is 312 g/mol. The number of rotatable bonds is 2. The van der Waals surface area contributed by atoms with Gasteiger partial charge < -0.3 is 0 Å². The van der Waals surface area contributed by atoms with Gasteiger partial charge in [-0.15, -0.1) is 34.3 Å². The minimum absolute atomic E-state index is 0.00120. The lowest BCUT2D eigenvalue weighted by atomic mass is 10.2. The van der Waals surface area contributed by atoms with Crippen LogP contribution in [-0.4, -0.2) is 0 Å². The molecular formula is C11H10BrClS2. The molecule has 80 valence electrons. The summed E-state index contributed by atoms with van der Waals surface area (Å²) in [6, 6.07) is 6.31. The quantitative estimate of drug-likeness (QED) is 0.639. The Morgan fingerprint density at radius 1 is 1.20 bits per heavy atom. The number of hydrogen-bond acceptors (Lipinski definition) is 2. The maximum absolute atomic E-state index is 6.43. The Bertz CT molecular complexity index is 453. The lowest BCUT2D eigenvalue weighted by Gasteiger charge is -2.02. The van der Waals surface area contributed by atoms with Crippen LogP contribution in [0.4, 0.5) is 0 Å². The zero-order valence-corrected chi connectivity index (χ0v) is 12.4. The van der Waals surface area contributed by atoms with Crippen molar-refractivity contribution in [3.63, 3.8) is 0 Å². The van der Waals surface area contributed by atoms with E-state index in [1.165, 1.54) is 20.2 Å². The summed E-state index contributed by atoms with van der Waals surface area (Å²) in [5.74, 6) is 0. The van der Waals surface area contributed by atoms with Crippen LogP contribution in [0.25, 0.3) is 0 Å². The third-order valence-electron chi connectivity index (χ3n) is 2.28. The minimum atomic E-state index is -0.00120. The number of thiophene rings is 2. The molecule has 0 aromatic carbocycles. The normalized spacial score (nSPS) is 13.1. The first kappa shape index (κ1) is 11.6. The lowest BCUT2D eigenvalue weighted by molar-refractivity contribution is 1.23. The molecule has 0 spiro atoms. The van der Waals surface area contributed by atoms with Crippen LogP contribution in [0.3, 0.4) is 0 Å². The van der Waals surface area contributed by atoms with Crippen molar-refractivity contribution < 1.29 is 0 Å². The van der Waals surface area contributed by atoms with Crippen LogP contribution in [0, 0.1) is 13.8 Å². The second-order valence-corrected chi connectivity index (χ2v) is 7.61. The highest BCUT2D eigenvalue weighted by molar-refractivity contribution is 9.11. The zero-order chi connectivity index (χ0) is 11.0. The second kappa shape index (κ2) is 4.58. The predicted molar refractivity (Wildman–Crippen MR) is 73.5 cm³/mol. The second-order valence-electron chi connectivity index (χ2n) is 3.39. The van der Waals surface area contributed by atoms with Crippen LogP contribution < -0.4 is 0 Å². The van der Waals surface area contributed by atoms with Gasteiger partial charge in [0, 0.05) is 14.6 Å². The van der Waals surface area contributed by atoms with Gasteiger partial charge in [0.1, 0.15) is 5.38 Å². The van der Waals surface area contributed by atoms with E-state index in [4.69, 9.17) is 11.6 Å². The Kier molecular flexibility index (Phi) is 3.56. The molecule has 0 aliphatic heterocycles. The summed E-state index contributed by atoms with van der Waals surface area (Å²) in [6.07, 6.45) is 0. The van der Waals surface area contributed by atoms with E-state index in [1.54, 1.807) is 22.7 Å². The van der Waals surface area contributed by atoms with Crippen LogP contribution in [0.15, 0.2) is 22.0 Å². The van der Waals surface area contributed by atoms with Crippen LogP contribution in [0.2, 0.25) is 0 Å². The minimum Gasteiger partial charge on any atom is -0.143 e. The molecule has 0 radical (unpaired) electrons. The first-order valence-electron chi connectivity index (χ1n) is 4.54. The number of aryl methyl sites for hydroxylation is 2. The van der Waals surface area contributed by atoms with E-state index in [2.05, 4.69) is 41.9 Å². The fourth-order valence-electron chi connectivity index (χ4n) is 1.33. The molecule has 15 heavy (non-hydrogen) atoms. The van der Waals surface area contributed by atoms with Gasteiger partial charge in [-0.05, 0) is 53.5 Å². The van der Waals surface area contributed by atoms with Crippen molar-refractivity contribution in [2.45, 2.75) is 19.2 Å². The van der Waals surface area contributed by atoms with Crippen molar-refractivity contribution in [3.05, 3.63) is 42.2 Å². The average Bonchev–Trinajstić information content (AvgIpc) is 2.74. The van der Waals surface area contributed by atoms with Gasteiger partial charge in [0.25, 0.3) is 0 Å². The highest BCUT2D eigenvalue weighted by Gasteiger charge is 2.15. The van der Waals surface area contributed by atoms with Crippen molar-refractivity contribution >= 4 is 50.2 Å². The molecule has 0 saturated heterocycles. The third kappa shape index (κ3) is 2.47. The number of alkyl halides is 1. The summed E-state index contributed by atoms with van der Waals surface area (Å²) in [5, 5.41) is -0.00120. The SMILES string of the molecule is Cc1cc(C(Cl)c2ccc(Br)s2)sc1C. The smallest absolute Gasteiger partial charge is 0.102 e. The number of hydrogen-bond donors (Lipinski definition) is 0. The van der Waals surface area contributed by atoms with Crippen molar-refractivity contribution in [2.24, 2.45) is 0 Å².